The van der Waals surface area contributed by atoms with Gasteiger partial charge in [-0.2, -0.15) is 12.6 Å². The third-order valence-electron chi connectivity index (χ3n) is 12.7. The maximum absolute atomic E-state index is 6.88. The van der Waals surface area contributed by atoms with Crippen LogP contribution in [-0.4, -0.2) is 18.9 Å². The molecule has 0 amide bonds. The third kappa shape index (κ3) is 8.33. The van der Waals surface area contributed by atoms with E-state index in [9.17, 15) is 0 Å². The van der Waals surface area contributed by atoms with E-state index in [4.69, 9.17) is 17.4 Å². The van der Waals surface area contributed by atoms with Crippen molar-refractivity contribution in [1.82, 2.24) is 0 Å². The maximum Gasteiger partial charge on any atom is 0.0616 e. The number of hydrogen-bond donors (Lipinski definition) is 1. The Morgan fingerprint density at radius 3 is 1.56 bits per heavy atom. The van der Waals surface area contributed by atoms with Crippen LogP contribution in [0.2, 0.25) is 0 Å². The summed E-state index contributed by atoms with van der Waals surface area (Å²) in [6, 6.07) is 36.5. The fraction of sp³-hybridized carbons (Fsp3) is 0.412. The lowest BCUT2D eigenvalue weighted by atomic mass is 9.65. The third-order valence-corrected chi connectivity index (χ3v) is 18.2. The number of fused-ring (bicyclic) bond motifs is 1. The van der Waals surface area contributed by atoms with Crippen molar-refractivity contribution in [1.29, 1.82) is 0 Å². The molecule has 0 spiro atoms. The molecule has 0 radical (unpaired) electrons. The topological polar surface area (TPSA) is 9.23 Å². The standard InChI is InChI=1S/C51H60OP2S/c1-31-15-32(2)20-41(19-31)53(42-21-33(3)16-34(4)22-42)30-40-28-47-50(40)46(29-52-47)51-45(49(55)27-39-11-9-12-39)13-10-14-48(51)54(43-23-35(5)17-36(6)24-43)44-25-37(7)18-38(8)26-44/h10,13-26,39-40,46-47,49-50,55H,9,11-12,27-30H2,1-8H3/t40?,46-,47?,49+,50?/m1/s1. The van der Waals surface area contributed by atoms with E-state index >= 15 is 0 Å². The summed E-state index contributed by atoms with van der Waals surface area (Å²) in [5.41, 5.74) is 13.9. The van der Waals surface area contributed by atoms with Crippen molar-refractivity contribution in [3.05, 3.63) is 147 Å². The second-order valence-electron chi connectivity index (χ2n) is 17.7. The van der Waals surface area contributed by atoms with Gasteiger partial charge in [0.15, 0.2) is 0 Å². The quantitative estimate of drug-likeness (QED) is 0.104. The molecule has 1 saturated heterocycles. The monoisotopic (exact) mass is 782 g/mol. The van der Waals surface area contributed by atoms with Gasteiger partial charge in [-0.15, -0.1) is 0 Å². The van der Waals surface area contributed by atoms with Gasteiger partial charge in [-0.25, -0.2) is 0 Å². The first kappa shape index (κ1) is 39.1. The summed E-state index contributed by atoms with van der Waals surface area (Å²) in [4.78, 5) is 0. The van der Waals surface area contributed by atoms with Crippen LogP contribution in [0.25, 0.3) is 0 Å². The Balaban J connectivity index is 1.26. The van der Waals surface area contributed by atoms with Gasteiger partial charge < -0.3 is 4.74 Å². The average Bonchev–Trinajstić information content (AvgIpc) is 3.40. The number of hydrogen-bond acceptors (Lipinski definition) is 2. The SMILES string of the molecule is Cc1cc(C)cc(P(CC2CC3OC[C@@H](c4c([C@@H](S)CC5CCC5)cccc4P(c4cc(C)cc(C)c4)c4cc(C)cc(C)c4)C23)c2cc(C)cc(C)c2)c1. The Morgan fingerprint density at radius 2 is 1.11 bits per heavy atom. The summed E-state index contributed by atoms with van der Waals surface area (Å²) >= 11 is 5.52. The van der Waals surface area contributed by atoms with E-state index in [1.54, 1.807) is 5.56 Å². The van der Waals surface area contributed by atoms with Crippen LogP contribution in [0.1, 0.15) is 98.9 Å². The summed E-state index contributed by atoms with van der Waals surface area (Å²) < 4.78 is 6.88. The molecule has 3 fully saturated rings. The molecule has 1 aliphatic heterocycles. The molecule has 286 valence electrons. The van der Waals surface area contributed by atoms with E-state index in [0.717, 1.165) is 12.5 Å². The Hall–Kier alpha value is -2.73. The number of ether oxygens (including phenoxy) is 1. The lowest BCUT2D eigenvalue weighted by molar-refractivity contribution is -0.00394. The Labute approximate surface area is 340 Å². The fourth-order valence-electron chi connectivity index (χ4n) is 10.3. The van der Waals surface area contributed by atoms with E-state index in [0.29, 0.717) is 23.9 Å². The van der Waals surface area contributed by atoms with Crippen LogP contribution >= 0.6 is 28.5 Å². The first-order valence-corrected chi connectivity index (χ1v) is 24.1. The van der Waals surface area contributed by atoms with Crippen LogP contribution in [0.4, 0.5) is 0 Å². The summed E-state index contributed by atoms with van der Waals surface area (Å²) in [6.45, 7) is 19.0. The van der Waals surface area contributed by atoms with Gasteiger partial charge in [0.2, 0.25) is 0 Å². The van der Waals surface area contributed by atoms with Crippen molar-refractivity contribution in [2.45, 2.75) is 105 Å². The summed E-state index contributed by atoms with van der Waals surface area (Å²) in [7, 11) is -1.33. The van der Waals surface area contributed by atoms with Crippen molar-refractivity contribution in [3.8, 4) is 0 Å². The van der Waals surface area contributed by atoms with E-state index in [-0.39, 0.29) is 5.25 Å². The summed E-state index contributed by atoms with van der Waals surface area (Å²) in [6.07, 6.45) is 7.96. The molecule has 55 heavy (non-hydrogen) atoms. The van der Waals surface area contributed by atoms with Crippen molar-refractivity contribution in [3.63, 3.8) is 0 Å². The number of aryl methyl sites for hydroxylation is 8. The second kappa shape index (κ2) is 16.3. The zero-order chi connectivity index (χ0) is 38.5. The minimum Gasteiger partial charge on any atom is -0.377 e. The highest BCUT2D eigenvalue weighted by atomic mass is 32.1. The first-order chi connectivity index (χ1) is 26.4. The molecule has 4 heteroatoms. The van der Waals surface area contributed by atoms with Crippen LogP contribution < -0.4 is 26.5 Å². The molecule has 2 saturated carbocycles. The Bertz CT molecular complexity index is 2020. The van der Waals surface area contributed by atoms with Crippen molar-refractivity contribution >= 4 is 55.0 Å². The van der Waals surface area contributed by atoms with Crippen LogP contribution in [0.3, 0.4) is 0 Å². The molecule has 5 aromatic carbocycles. The molecule has 5 aromatic rings. The Kier molecular flexibility index (Phi) is 11.6. The van der Waals surface area contributed by atoms with Gasteiger partial charge in [0, 0.05) is 11.2 Å². The average molecular weight is 783 g/mol. The second-order valence-corrected chi connectivity index (χ2v) is 22.8. The van der Waals surface area contributed by atoms with Crippen LogP contribution in [0, 0.1) is 73.1 Å². The molecule has 3 unspecified atom stereocenters. The van der Waals surface area contributed by atoms with Crippen LogP contribution in [0.5, 0.6) is 0 Å². The number of benzene rings is 5. The van der Waals surface area contributed by atoms with Gasteiger partial charge in [0.05, 0.1) is 12.7 Å². The minimum atomic E-state index is -0.811. The van der Waals surface area contributed by atoms with Gasteiger partial charge in [0.1, 0.15) is 0 Å². The van der Waals surface area contributed by atoms with E-state index in [1.807, 2.05) is 0 Å². The molecule has 8 rings (SSSR count). The molecule has 0 aromatic heterocycles. The summed E-state index contributed by atoms with van der Waals surface area (Å²) in [5.74, 6) is 2.29. The maximum atomic E-state index is 6.88. The van der Waals surface area contributed by atoms with E-state index in [2.05, 4.69) is 146 Å². The zero-order valence-electron chi connectivity index (χ0n) is 34.3. The van der Waals surface area contributed by atoms with Crippen molar-refractivity contribution < 1.29 is 4.74 Å². The minimum absolute atomic E-state index is 0.232. The molecule has 3 aliphatic rings. The van der Waals surface area contributed by atoms with E-state index < -0.39 is 15.8 Å². The predicted octanol–water partition coefficient (Wildman–Crippen LogP) is 11.3. The molecule has 2 aliphatic carbocycles. The van der Waals surface area contributed by atoms with Gasteiger partial charge in [-0.1, -0.05) is 155 Å². The van der Waals surface area contributed by atoms with Gasteiger partial charge in [-0.05, 0) is 146 Å². The highest BCUT2D eigenvalue weighted by Gasteiger charge is 2.53. The van der Waals surface area contributed by atoms with Crippen molar-refractivity contribution in [2.24, 2.45) is 17.8 Å². The molecule has 1 heterocycles. The van der Waals surface area contributed by atoms with Gasteiger partial charge >= 0.3 is 0 Å². The molecule has 5 atom stereocenters. The molecular formula is C51H60OP2S. The van der Waals surface area contributed by atoms with Gasteiger partial charge in [0.25, 0.3) is 0 Å². The highest BCUT2D eigenvalue weighted by molar-refractivity contribution is 7.80. The predicted molar refractivity (Wildman–Crippen MR) is 245 cm³/mol. The molecule has 1 nitrogen and oxygen atoms in total. The van der Waals surface area contributed by atoms with Crippen molar-refractivity contribution in [2.75, 3.05) is 12.8 Å². The molecule has 0 bridgehead atoms. The normalized spacial score (nSPS) is 21.4. The zero-order valence-corrected chi connectivity index (χ0v) is 37.0. The number of thiol groups is 1. The summed E-state index contributed by atoms with van der Waals surface area (Å²) in [5, 5.41) is 7.73. The first-order valence-electron chi connectivity index (χ1n) is 20.7. The highest BCUT2D eigenvalue weighted by Crippen LogP contribution is 2.57. The smallest absolute Gasteiger partial charge is 0.0616 e. The largest absolute Gasteiger partial charge is 0.377 e. The van der Waals surface area contributed by atoms with E-state index in [1.165, 1.54) is 115 Å². The fourth-order valence-corrected chi connectivity index (χ4v) is 16.8. The lowest BCUT2D eigenvalue weighted by Crippen LogP contribution is -2.44. The Morgan fingerprint density at radius 1 is 0.636 bits per heavy atom. The molecule has 0 N–H and O–H groups in total. The van der Waals surface area contributed by atoms with Gasteiger partial charge in [-0.3, -0.25) is 0 Å². The van der Waals surface area contributed by atoms with Crippen LogP contribution in [-0.2, 0) is 4.74 Å². The molecular weight excluding hydrogens is 723 g/mol. The number of rotatable bonds is 11. The van der Waals surface area contributed by atoms with Crippen LogP contribution in [0.15, 0.2) is 91.0 Å². The lowest BCUT2D eigenvalue weighted by Gasteiger charge is -2.44.